The van der Waals surface area contributed by atoms with Gasteiger partial charge in [-0.2, -0.15) is 0 Å². The molecule has 4 nitrogen and oxygen atoms in total. The molecule has 0 radical (unpaired) electrons. The first-order chi connectivity index (χ1) is 11.3. The molecule has 1 aliphatic rings. The van der Waals surface area contributed by atoms with Crippen molar-refractivity contribution in [1.82, 2.24) is 10.2 Å². The zero-order valence-electron chi connectivity index (χ0n) is 14.8. The molecule has 2 atom stereocenters. The first kappa shape index (κ1) is 17.8. The van der Waals surface area contributed by atoms with Crippen LogP contribution in [0.15, 0.2) is 35.3 Å². The molecule has 1 saturated heterocycles. The minimum absolute atomic E-state index is 0.627. The summed E-state index contributed by atoms with van der Waals surface area (Å²) in [6.07, 6.45) is 1.18. The molecule has 0 spiro atoms. The first-order valence-electron chi connectivity index (χ1n) is 8.92. The minimum atomic E-state index is 0.627. The van der Waals surface area contributed by atoms with Crippen molar-refractivity contribution in [3.8, 4) is 0 Å². The summed E-state index contributed by atoms with van der Waals surface area (Å²) in [5.41, 5.74) is 1.47. The van der Waals surface area contributed by atoms with Crippen LogP contribution in [0.2, 0.25) is 0 Å². The summed E-state index contributed by atoms with van der Waals surface area (Å²) in [5.74, 6) is 2.31. The van der Waals surface area contributed by atoms with Gasteiger partial charge in [-0.05, 0) is 37.7 Å². The Kier molecular flexibility index (Phi) is 7.40. The summed E-state index contributed by atoms with van der Waals surface area (Å²) in [4.78, 5) is 7.12. The number of guanidine groups is 1. The third kappa shape index (κ3) is 5.24. The van der Waals surface area contributed by atoms with Crippen molar-refractivity contribution in [2.24, 2.45) is 10.9 Å². The maximum Gasteiger partial charge on any atom is 0.194 e. The highest BCUT2D eigenvalue weighted by molar-refractivity contribution is 5.80. The van der Waals surface area contributed by atoms with E-state index in [0.29, 0.717) is 18.4 Å². The lowest BCUT2D eigenvalue weighted by molar-refractivity contribution is 0.155. The molecular weight excluding hydrogens is 286 g/mol. The number of benzene rings is 1. The molecule has 128 valence electrons. The second-order valence-electron chi connectivity index (χ2n) is 6.16. The number of aliphatic imine (C=N–C) groups is 1. The van der Waals surface area contributed by atoms with Crippen LogP contribution in [0.1, 0.15) is 38.7 Å². The Bertz CT molecular complexity index is 475. The molecule has 0 amide bonds. The van der Waals surface area contributed by atoms with Crippen molar-refractivity contribution < 1.29 is 4.74 Å². The molecule has 1 N–H and O–H groups in total. The van der Waals surface area contributed by atoms with Crippen LogP contribution < -0.4 is 5.32 Å². The van der Waals surface area contributed by atoms with Crippen LogP contribution in [0, 0.1) is 5.92 Å². The molecule has 2 unspecified atom stereocenters. The number of rotatable bonds is 6. The molecule has 0 bridgehead atoms. The van der Waals surface area contributed by atoms with Crippen LogP contribution in [-0.4, -0.2) is 50.3 Å². The molecule has 0 aromatic heterocycles. The maximum atomic E-state index is 5.39. The van der Waals surface area contributed by atoms with Crippen molar-refractivity contribution in [2.75, 3.05) is 39.4 Å². The fourth-order valence-corrected chi connectivity index (χ4v) is 3.32. The number of nitrogens with one attached hydrogen (secondary N) is 1. The van der Waals surface area contributed by atoms with Crippen LogP contribution in [0.3, 0.4) is 0 Å². The smallest absolute Gasteiger partial charge is 0.194 e. The van der Waals surface area contributed by atoms with E-state index in [1.165, 1.54) is 12.0 Å². The molecule has 23 heavy (non-hydrogen) atoms. The van der Waals surface area contributed by atoms with Gasteiger partial charge in [0.05, 0.1) is 13.2 Å². The summed E-state index contributed by atoms with van der Waals surface area (Å²) >= 11 is 0. The van der Waals surface area contributed by atoms with Gasteiger partial charge in [0.1, 0.15) is 0 Å². The zero-order valence-corrected chi connectivity index (χ0v) is 14.8. The van der Waals surface area contributed by atoms with Gasteiger partial charge in [0.15, 0.2) is 5.96 Å². The highest BCUT2D eigenvalue weighted by Crippen LogP contribution is 2.32. The molecule has 0 aliphatic carbocycles. The van der Waals surface area contributed by atoms with Crippen molar-refractivity contribution >= 4 is 5.96 Å². The highest BCUT2D eigenvalue weighted by atomic mass is 16.5. The second-order valence-corrected chi connectivity index (χ2v) is 6.16. The van der Waals surface area contributed by atoms with Crippen LogP contribution in [0.25, 0.3) is 0 Å². The molecule has 4 heteroatoms. The summed E-state index contributed by atoms with van der Waals surface area (Å²) in [6.45, 7) is 11.7. The van der Waals surface area contributed by atoms with Gasteiger partial charge in [0.2, 0.25) is 0 Å². The van der Waals surface area contributed by atoms with Crippen molar-refractivity contribution in [1.29, 1.82) is 0 Å². The van der Waals surface area contributed by atoms with Crippen molar-refractivity contribution in [2.45, 2.75) is 33.1 Å². The number of hydrogen-bond acceptors (Lipinski definition) is 2. The van der Waals surface area contributed by atoms with E-state index >= 15 is 0 Å². The highest BCUT2D eigenvalue weighted by Gasteiger charge is 2.28. The molecule has 1 heterocycles. The molecule has 1 aromatic carbocycles. The summed E-state index contributed by atoms with van der Waals surface area (Å²) in [7, 11) is 0. The van der Waals surface area contributed by atoms with Crippen LogP contribution in [0.5, 0.6) is 0 Å². The van der Waals surface area contributed by atoms with Gasteiger partial charge >= 0.3 is 0 Å². The quantitative estimate of drug-likeness (QED) is 0.497. The van der Waals surface area contributed by atoms with Gasteiger partial charge in [-0.1, -0.05) is 37.3 Å². The van der Waals surface area contributed by atoms with E-state index < -0.39 is 0 Å². The van der Waals surface area contributed by atoms with Gasteiger partial charge in [0.25, 0.3) is 0 Å². The third-order valence-corrected chi connectivity index (χ3v) is 4.47. The SMILES string of the molecule is CCNC(=NCCOCC)N1CCC(c2ccccc2)C(C)C1. The predicted octanol–water partition coefficient (Wildman–Crippen LogP) is 3.11. The van der Waals surface area contributed by atoms with Crippen LogP contribution >= 0.6 is 0 Å². The van der Waals surface area contributed by atoms with E-state index in [1.807, 2.05) is 6.92 Å². The first-order valence-corrected chi connectivity index (χ1v) is 8.92. The molecule has 1 aromatic rings. The zero-order chi connectivity index (χ0) is 16.5. The topological polar surface area (TPSA) is 36.9 Å². The summed E-state index contributed by atoms with van der Waals surface area (Å²) < 4.78 is 5.39. The number of hydrogen-bond donors (Lipinski definition) is 1. The lowest BCUT2D eigenvalue weighted by Crippen LogP contribution is -2.48. The van der Waals surface area contributed by atoms with Gasteiger partial charge in [-0.15, -0.1) is 0 Å². The third-order valence-electron chi connectivity index (χ3n) is 4.47. The Morgan fingerprint density at radius 3 is 2.74 bits per heavy atom. The van der Waals surface area contributed by atoms with E-state index in [-0.39, 0.29) is 0 Å². The van der Waals surface area contributed by atoms with Gasteiger partial charge in [-0.3, -0.25) is 4.99 Å². The summed E-state index contributed by atoms with van der Waals surface area (Å²) in [6, 6.07) is 10.9. The monoisotopic (exact) mass is 317 g/mol. The van der Waals surface area contributed by atoms with Gasteiger partial charge in [0, 0.05) is 26.2 Å². The number of piperidine rings is 1. The van der Waals surface area contributed by atoms with Crippen LogP contribution in [0.4, 0.5) is 0 Å². The standard InChI is InChI=1S/C19H31N3O/c1-4-20-19(21-12-14-23-5-2)22-13-11-18(16(3)15-22)17-9-7-6-8-10-17/h6-10,16,18H,4-5,11-15H2,1-3H3,(H,20,21). The van der Waals surface area contributed by atoms with E-state index in [4.69, 9.17) is 9.73 Å². The van der Waals surface area contributed by atoms with E-state index in [1.54, 1.807) is 0 Å². The second kappa shape index (κ2) is 9.56. The maximum absolute atomic E-state index is 5.39. The minimum Gasteiger partial charge on any atom is -0.380 e. The molecular formula is C19H31N3O. The fourth-order valence-electron chi connectivity index (χ4n) is 3.32. The Morgan fingerprint density at radius 1 is 1.30 bits per heavy atom. The fraction of sp³-hybridized carbons (Fsp3) is 0.632. The molecule has 1 fully saturated rings. The lowest BCUT2D eigenvalue weighted by atomic mass is 9.82. The van der Waals surface area contributed by atoms with Gasteiger partial charge in [-0.25, -0.2) is 0 Å². The Labute approximate surface area is 140 Å². The molecule has 0 saturated carbocycles. The Morgan fingerprint density at radius 2 is 2.09 bits per heavy atom. The average Bonchev–Trinajstić information content (AvgIpc) is 2.58. The summed E-state index contributed by atoms with van der Waals surface area (Å²) in [5, 5.41) is 3.42. The largest absolute Gasteiger partial charge is 0.380 e. The average molecular weight is 317 g/mol. The number of likely N-dealkylation sites (tertiary alicyclic amines) is 1. The Hall–Kier alpha value is -1.55. The predicted molar refractivity (Wildman–Crippen MR) is 97.0 cm³/mol. The number of nitrogens with zero attached hydrogens (tertiary/aromatic N) is 2. The van der Waals surface area contributed by atoms with Crippen molar-refractivity contribution in [3.63, 3.8) is 0 Å². The van der Waals surface area contributed by atoms with Crippen LogP contribution in [-0.2, 0) is 4.74 Å². The van der Waals surface area contributed by atoms with E-state index in [9.17, 15) is 0 Å². The normalized spacial score (nSPS) is 22.2. The van der Waals surface area contributed by atoms with Crippen molar-refractivity contribution in [3.05, 3.63) is 35.9 Å². The molecule has 1 aliphatic heterocycles. The molecule has 2 rings (SSSR count). The lowest BCUT2D eigenvalue weighted by Gasteiger charge is -2.39. The van der Waals surface area contributed by atoms with Gasteiger partial charge < -0.3 is 15.0 Å². The van der Waals surface area contributed by atoms with E-state index in [0.717, 1.165) is 38.7 Å². The van der Waals surface area contributed by atoms with E-state index in [2.05, 4.69) is 54.4 Å². The Balaban J connectivity index is 1.96. The number of ether oxygens (including phenoxy) is 1.